The van der Waals surface area contributed by atoms with Crippen molar-refractivity contribution in [3.63, 3.8) is 0 Å². The lowest BCUT2D eigenvalue weighted by Crippen LogP contribution is -2.11. The van der Waals surface area contributed by atoms with Crippen molar-refractivity contribution >= 4 is 11.6 Å². The molecule has 2 heteroatoms. The summed E-state index contributed by atoms with van der Waals surface area (Å²) >= 11 is 6.17. The maximum atomic E-state index is 10.8. The summed E-state index contributed by atoms with van der Waals surface area (Å²) < 4.78 is 0. The lowest BCUT2D eigenvalue weighted by molar-refractivity contribution is 0.198. The summed E-state index contributed by atoms with van der Waals surface area (Å²) in [6, 6.07) is 10.5. The largest absolute Gasteiger partial charge is 0.389 e. The van der Waals surface area contributed by atoms with Gasteiger partial charge in [-0.3, -0.25) is 0 Å². The summed E-state index contributed by atoms with van der Waals surface area (Å²) in [6.45, 7) is 13.2. The molecule has 2 aromatic carbocycles. The smallest absolute Gasteiger partial charge is 0.0770 e. The highest BCUT2D eigenvalue weighted by atomic mass is 35.5. The third kappa shape index (κ3) is 5.39. The van der Waals surface area contributed by atoms with Crippen molar-refractivity contribution in [2.24, 2.45) is 0 Å². The van der Waals surface area contributed by atoms with Gasteiger partial charge in [0.15, 0.2) is 0 Å². The minimum absolute atomic E-state index is 0.363. The van der Waals surface area contributed by atoms with Gasteiger partial charge in [-0.05, 0) is 77.1 Å². The first-order chi connectivity index (χ1) is 13.3. The molecule has 1 atom stereocenters. The van der Waals surface area contributed by atoms with Crippen molar-refractivity contribution in [2.45, 2.75) is 91.6 Å². The second-order valence-corrected chi connectivity index (χ2v) is 9.06. The van der Waals surface area contributed by atoms with Crippen LogP contribution in [0, 0.1) is 0 Å². The van der Waals surface area contributed by atoms with Crippen molar-refractivity contribution in [1.82, 2.24) is 0 Å². The van der Waals surface area contributed by atoms with Gasteiger partial charge in [-0.2, -0.15) is 0 Å². The summed E-state index contributed by atoms with van der Waals surface area (Å²) in [7, 11) is 0. The summed E-state index contributed by atoms with van der Waals surface area (Å²) in [6.07, 6.45) is 5.52. The van der Waals surface area contributed by atoms with E-state index in [1.807, 2.05) is 19.1 Å². The van der Waals surface area contributed by atoms with E-state index in [2.05, 4.69) is 52.8 Å². The fraction of sp³-hybridized carbons (Fsp3) is 0.538. The molecule has 2 rings (SSSR count). The average molecular weight is 401 g/mol. The van der Waals surface area contributed by atoms with Crippen LogP contribution in [-0.4, -0.2) is 5.11 Å². The van der Waals surface area contributed by atoms with Crippen LogP contribution < -0.4 is 0 Å². The average Bonchev–Trinajstić information content (AvgIpc) is 2.64. The fourth-order valence-electron chi connectivity index (χ4n) is 4.17. The monoisotopic (exact) mass is 400 g/mol. The molecule has 1 nitrogen and oxygen atoms in total. The van der Waals surface area contributed by atoms with Gasteiger partial charge < -0.3 is 5.11 Å². The van der Waals surface area contributed by atoms with E-state index in [1.54, 1.807) is 0 Å². The normalized spacial score (nSPS) is 12.8. The second kappa shape index (κ2) is 10.5. The predicted octanol–water partition coefficient (Wildman–Crippen LogP) is 8.43. The summed E-state index contributed by atoms with van der Waals surface area (Å²) in [5.74, 6) is 0.815. The molecule has 1 N–H and O–H groups in total. The van der Waals surface area contributed by atoms with Crippen LogP contribution in [0.2, 0.25) is 5.02 Å². The van der Waals surface area contributed by atoms with Gasteiger partial charge in [-0.15, -0.1) is 0 Å². The number of aliphatic hydroxyl groups is 1. The molecule has 0 saturated carbocycles. The van der Waals surface area contributed by atoms with Crippen LogP contribution in [0.25, 0.3) is 11.1 Å². The first kappa shape index (κ1) is 23.0. The highest BCUT2D eigenvalue weighted by Gasteiger charge is 2.24. The van der Waals surface area contributed by atoms with E-state index in [9.17, 15) is 5.11 Å². The third-order valence-electron chi connectivity index (χ3n) is 5.62. The lowest BCUT2D eigenvalue weighted by atomic mass is 9.78. The summed E-state index contributed by atoms with van der Waals surface area (Å²) in [4.78, 5) is 0. The zero-order valence-corrected chi connectivity index (χ0v) is 19.2. The van der Waals surface area contributed by atoms with Crippen LogP contribution in [0.4, 0.5) is 0 Å². The molecule has 0 aliphatic rings. The van der Waals surface area contributed by atoms with Crippen molar-refractivity contribution in [3.05, 3.63) is 57.6 Å². The van der Waals surface area contributed by atoms with Gasteiger partial charge in [-0.25, -0.2) is 0 Å². The number of unbranched alkanes of at least 4 members (excludes halogenated alkanes) is 3. The van der Waals surface area contributed by atoms with E-state index in [0.29, 0.717) is 11.8 Å². The minimum atomic E-state index is -0.501. The maximum absolute atomic E-state index is 10.8. The van der Waals surface area contributed by atoms with Crippen LogP contribution in [-0.2, 0) is 6.42 Å². The van der Waals surface area contributed by atoms with Crippen molar-refractivity contribution < 1.29 is 5.11 Å². The molecule has 154 valence electrons. The molecular weight excluding hydrogens is 364 g/mol. The van der Waals surface area contributed by atoms with E-state index < -0.39 is 6.10 Å². The third-order valence-corrected chi connectivity index (χ3v) is 5.87. The van der Waals surface area contributed by atoms with Gasteiger partial charge in [0.2, 0.25) is 0 Å². The van der Waals surface area contributed by atoms with E-state index in [4.69, 9.17) is 11.6 Å². The highest BCUT2D eigenvalue weighted by molar-refractivity contribution is 6.30. The SMILES string of the molecule is CCCCCCc1c(C(C)C)cc(C(C)C)c(C(C)O)c1-c1ccc(Cl)cc1. The topological polar surface area (TPSA) is 20.2 Å². The van der Waals surface area contributed by atoms with Gasteiger partial charge in [0.25, 0.3) is 0 Å². The van der Waals surface area contributed by atoms with Gasteiger partial charge >= 0.3 is 0 Å². The Morgan fingerprint density at radius 1 is 0.857 bits per heavy atom. The molecule has 0 heterocycles. The molecule has 0 aliphatic heterocycles. The molecule has 28 heavy (non-hydrogen) atoms. The van der Waals surface area contributed by atoms with Crippen molar-refractivity contribution in [3.8, 4) is 11.1 Å². The predicted molar refractivity (Wildman–Crippen MR) is 124 cm³/mol. The molecule has 0 fully saturated rings. The number of hydrogen-bond donors (Lipinski definition) is 1. The Labute approximate surface area is 177 Å². The van der Waals surface area contributed by atoms with Gasteiger partial charge in [-0.1, -0.05) is 83.7 Å². The molecule has 2 aromatic rings. The Morgan fingerprint density at radius 3 is 1.96 bits per heavy atom. The Bertz CT molecular complexity index is 757. The summed E-state index contributed by atoms with van der Waals surface area (Å²) in [5, 5.41) is 11.5. The van der Waals surface area contributed by atoms with Gasteiger partial charge in [0.1, 0.15) is 0 Å². The zero-order chi connectivity index (χ0) is 20.8. The van der Waals surface area contributed by atoms with Crippen LogP contribution in [0.15, 0.2) is 30.3 Å². The molecule has 1 unspecified atom stereocenters. The Kier molecular flexibility index (Phi) is 8.58. The number of benzene rings is 2. The van der Waals surface area contributed by atoms with Crippen molar-refractivity contribution in [2.75, 3.05) is 0 Å². The first-order valence-electron chi connectivity index (χ1n) is 10.9. The molecule has 0 spiro atoms. The highest BCUT2D eigenvalue weighted by Crippen LogP contribution is 2.42. The number of rotatable bonds is 9. The lowest BCUT2D eigenvalue weighted by Gasteiger charge is -2.27. The molecule has 0 amide bonds. The molecule has 0 bridgehead atoms. The number of aliphatic hydroxyl groups excluding tert-OH is 1. The number of halogens is 1. The van der Waals surface area contributed by atoms with Crippen LogP contribution in [0.3, 0.4) is 0 Å². The molecule has 0 radical (unpaired) electrons. The fourth-order valence-corrected chi connectivity index (χ4v) is 4.30. The Hall–Kier alpha value is -1.31. The molecule has 0 aliphatic carbocycles. The van der Waals surface area contributed by atoms with E-state index in [-0.39, 0.29) is 0 Å². The quantitative estimate of drug-likeness (QED) is 0.418. The van der Waals surface area contributed by atoms with Crippen molar-refractivity contribution in [1.29, 1.82) is 0 Å². The molecular formula is C26H37ClO. The first-order valence-corrected chi connectivity index (χ1v) is 11.3. The molecule has 0 aromatic heterocycles. The van der Waals surface area contributed by atoms with Crippen LogP contribution >= 0.6 is 11.6 Å². The van der Waals surface area contributed by atoms with Gasteiger partial charge in [0, 0.05) is 5.02 Å². The van der Waals surface area contributed by atoms with E-state index >= 15 is 0 Å². The standard InChI is InChI=1S/C26H37ClO/c1-7-8-9-10-11-22-23(17(2)3)16-24(18(4)5)25(19(6)28)26(22)20-12-14-21(27)15-13-20/h12-19,28H,7-11H2,1-6H3. The Balaban J connectivity index is 2.77. The van der Waals surface area contributed by atoms with E-state index in [1.165, 1.54) is 47.9 Å². The second-order valence-electron chi connectivity index (χ2n) is 8.63. The number of hydrogen-bond acceptors (Lipinski definition) is 1. The maximum Gasteiger partial charge on any atom is 0.0770 e. The molecule has 0 saturated heterocycles. The van der Waals surface area contributed by atoms with Crippen LogP contribution in [0.1, 0.15) is 107 Å². The Morgan fingerprint density at radius 2 is 1.46 bits per heavy atom. The van der Waals surface area contributed by atoms with Crippen LogP contribution in [0.5, 0.6) is 0 Å². The summed E-state index contributed by atoms with van der Waals surface area (Å²) in [5.41, 5.74) is 7.59. The van der Waals surface area contributed by atoms with E-state index in [0.717, 1.165) is 22.6 Å². The van der Waals surface area contributed by atoms with Gasteiger partial charge in [0.05, 0.1) is 6.10 Å². The zero-order valence-electron chi connectivity index (χ0n) is 18.5. The minimum Gasteiger partial charge on any atom is -0.389 e.